The van der Waals surface area contributed by atoms with Crippen LogP contribution in [-0.2, 0) is 14.3 Å². The van der Waals surface area contributed by atoms with E-state index in [1.54, 1.807) is 11.1 Å². The molecule has 1 heterocycles. The summed E-state index contributed by atoms with van der Waals surface area (Å²) in [6, 6.07) is 0.178. The number of unbranched alkanes of at least 4 members (excludes halogenated alkanes) is 11. The number of nitrogens with zero attached hydrogens (tertiary/aromatic N) is 1. The molecule has 0 bridgehead atoms. The van der Waals surface area contributed by atoms with E-state index in [0.29, 0.717) is 6.61 Å². The lowest BCUT2D eigenvalue weighted by Crippen LogP contribution is -2.01. The monoisotopic (exact) mass is 393 g/mol. The van der Waals surface area contributed by atoms with Gasteiger partial charge in [-0.15, -0.1) is 0 Å². The molecule has 4 heteroatoms. The van der Waals surface area contributed by atoms with E-state index in [4.69, 9.17) is 4.74 Å². The van der Waals surface area contributed by atoms with Crippen molar-refractivity contribution in [1.29, 1.82) is 0 Å². The van der Waals surface area contributed by atoms with Crippen molar-refractivity contribution < 1.29 is 14.3 Å². The van der Waals surface area contributed by atoms with Gasteiger partial charge in [0.1, 0.15) is 6.04 Å². The summed E-state index contributed by atoms with van der Waals surface area (Å²) in [6.45, 7) is 11.8. The lowest BCUT2D eigenvalue weighted by atomic mass is 10.1. The zero-order chi connectivity index (χ0) is 21.0. The van der Waals surface area contributed by atoms with Gasteiger partial charge < -0.3 is 9.64 Å². The lowest BCUT2D eigenvalue weighted by molar-refractivity contribution is -0.137. The van der Waals surface area contributed by atoms with Gasteiger partial charge in [-0.2, -0.15) is 0 Å². The number of carbonyl (C=O) groups excluding carboxylic acids is 2. The molecule has 0 spiro atoms. The molecule has 1 aliphatic heterocycles. The molecule has 1 unspecified atom stereocenters. The van der Waals surface area contributed by atoms with Crippen LogP contribution in [0.2, 0.25) is 0 Å². The van der Waals surface area contributed by atoms with E-state index in [9.17, 15) is 9.59 Å². The van der Waals surface area contributed by atoms with Gasteiger partial charge >= 0.3 is 5.97 Å². The summed E-state index contributed by atoms with van der Waals surface area (Å²) in [5.74, 6) is -0.0643. The van der Waals surface area contributed by atoms with Gasteiger partial charge in [0.15, 0.2) is 0 Å². The van der Waals surface area contributed by atoms with Gasteiger partial charge in [-0.1, -0.05) is 104 Å². The van der Waals surface area contributed by atoms with Crippen LogP contribution in [-0.4, -0.2) is 29.4 Å². The molecular weight excluding hydrogens is 350 g/mol. The maximum atomic E-state index is 10.8. The van der Waals surface area contributed by atoms with Crippen LogP contribution in [0.5, 0.6) is 0 Å². The van der Waals surface area contributed by atoms with Crippen LogP contribution in [0.3, 0.4) is 0 Å². The number of carbonyl (C=O) groups is 2. The minimum Gasteiger partial charge on any atom is -0.463 e. The quantitative estimate of drug-likeness (QED) is 0.122. The third kappa shape index (κ3) is 14.5. The van der Waals surface area contributed by atoms with Gasteiger partial charge in [-0.05, 0) is 12.8 Å². The van der Waals surface area contributed by atoms with E-state index in [0.717, 1.165) is 25.7 Å². The van der Waals surface area contributed by atoms with E-state index in [1.165, 1.54) is 70.3 Å². The molecule has 1 aliphatic rings. The molecule has 1 amide bonds. The fourth-order valence-corrected chi connectivity index (χ4v) is 3.11. The summed E-state index contributed by atoms with van der Waals surface area (Å²) in [5.41, 5.74) is 0. The summed E-state index contributed by atoms with van der Waals surface area (Å²) in [4.78, 5) is 23.3. The van der Waals surface area contributed by atoms with Crippen molar-refractivity contribution in [3.8, 4) is 0 Å². The van der Waals surface area contributed by atoms with E-state index >= 15 is 0 Å². The van der Waals surface area contributed by atoms with E-state index in [2.05, 4.69) is 27.0 Å². The van der Waals surface area contributed by atoms with Gasteiger partial charge in [0.2, 0.25) is 5.91 Å². The zero-order valence-electron chi connectivity index (χ0n) is 18.4. The second-order valence-corrected chi connectivity index (χ2v) is 7.49. The van der Waals surface area contributed by atoms with Crippen LogP contribution in [0.1, 0.15) is 104 Å². The summed E-state index contributed by atoms with van der Waals surface area (Å²) in [7, 11) is 0. The van der Waals surface area contributed by atoms with E-state index in [-0.39, 0.29) is 17.9 Å². The Labute approximate surface area is 173 Å². The maximum Gasteiger partial charge on any atom is 0.330 e. The van der Waals surface area contributed by atoms with Gasteiger partial charge in [0.05, 0.1) is 6.61 Å². The number of hydrogen-bond donors (Lipinski definition) is 0. The Morgan fingerprint density at radius 3 is 1.82 bits per heavy atom. The Kier molecular flexibility index (Phi) is 17.7. The zero-order valence-corrected chi connectivity index (χ0v) is 18.4. The van der Waals surface area contributed by atoms with Crippen molar-refractivity contribution in [3.05, 3.63) is 25.4 Å². The van der Waals surface area contributed by atoms with Crippen molar-refractivity contribution in [2.24, 2.45) is 0 Å². The van der Waals surface area contributed by atoms with E-state index in [1.807, 2.05) is 0 Å². The number of esters is 1. The first-order chi connectivity index (χ1) is 13.6. The first-order valence-corrected chi connectivity index (χ1v) is 11.4. The second-order valence-electron chi connectivity index (χ2n) is 7.49. The topological polar surface area (TPSA) is 46.4 Å². The Morgan fingerprint density at radius 2 is 1.39 bits per heavy atom. The van der Waals surface area contributed by atoms with Crippen LogP contribution in [0.25, 0.3) is 0 Å². The average Bonchev–Trinajstić information content (AvgIpc) is 3.35. The van der Waals surface area contributed by atoms with Gasteiger partial charge in [0.25, 0.3) is 0 Å². The molecular formula is C24H43NO3. The fourth-order valence-electron chi connectivity index (χ4n) is 3.11. The van der Waals surface area contributed by atoms with Crippen molar-refractivity contribution in [2.75, 3.05) is 6.61 Å². The SMILES string of the molecule is C=CC(=O)OCCCCCCCCCCCCC.C=CN1C(=O)C1CCCC. The Hall–Kier alpha value is -1.58. The Bertz CT molecular complexity index is 434. The highest BCUT2D eigenvalue weighted by Gasteiger charge is 2.42. The predicted molar refractivity (Wildman–Crippen MR) is 118 cm³/mol. The van der Waals surface area contributed by atoms with E-state index < -0.39 is 0 Å². The molecule has 0 radical (unpaired) electrons. The molecule has 0 aromatic rings. The molecule has 0 saturated carbocycles. The van der Waals surface area contributed by atoms with Crippen LogP contribution < -0.4 is 0 Å². The van der Waals surface area contributed by atoms with Crippen LogP contribution in [0.15, 0.2) is 25.4 Å². The highest BCUT2D eigenvalue weighted by molar-refractivity contribution is 5.97. The van der Waals surface area contributed by atoms with Crippen molar-refractivity contribution in [2.45, 2.75) is 110 Å². The first-order valence-electron chi connectivity index (χ1n) is 11.4. The van der Waals surface area contributed by atoms with Crippen molar-refractivity contribution in [3.63, 3.8) is 0 Å². The van der Waals surface area contributed by atoms with Crippen molar-refractivity contribution in [1.82, 2.24) is 4.90 Å². The Morgan fingerprint density at radius 1 is 0.893 bits per heavy atom. The molecule has 4 nitrogen and oxygen atoms in total. The predicted octanol–water partition coefficient (Wildman–Crippen LogP) is 6.56. The number of amides is 1. The smallest absolute Gasteiger partial charge is 0.330 e. The second kappa shape index (κ2) is 18.8. The molecule has 0 N–H and O–H groups in total. The lowest BCUT2D eigenvalue weighted by Gasteiger charge is -2.03. The maximum absolute atomic E-state index is 10.8. The standard InChI is InChI=1S/C16H30O2.C8H13NO/c1-3-5-6-7-8-9-10-11-12-13-14-15-18-16(17)4-2;1-3-5-6-7-8(10)9(7)4-2/h4H,2-3,5-15H2,1H3;4,7H,2-3,5-6H2,1H3. The van der Waals surface area contributed by atoms with Gasteiger partial charge in [0, 0.05) is 12.3 Å². The van der Waals surface area contributed by atoms with Crippen molar-refractivity contribution >= 4 is 11.9 Å². The minimum absolute atomic E-state index is 0.178. The molecule has 0 aromatic heterocycles. The molecule has 162 valence electrons. The van der Waals surface area contributed by atoms with Crippen LogP contribution >= 0.6 is 0 Å². The minimum atomic E-state index is -0.304. The summed E-state index contributed by atoms with van der Waals surface area (Å²) in [6.07, 6.45) is 20.6. The highest BCUT2D eigenvalue weighted by atomic mass is 16.5. The molecule has 1 saturated heterocycles. The fraction of sp³-hybridized carbons (Fsp3) is 0.750. The molecule has 0 aliphatic carbocycles. The molecule has 28 heavy (non-hydrogen) atoms. The van der Waals surface area contributed by atoms with Crippen LogP contribution in [0.4, 0.5) is 0 Å². The number of hydrogen-bond acceptors (Lipinski definition) is 3. The van der Waals surface area contributed by atoms with Gasteiger partial charge in [-0.25, -0.2) is 4.79 Å². The normalized spacial score (nSPS) is 14.9. The number of ether oxygens (including phenoxy) is 1. The average molecular weight is 394 g/mol. The van der Waals surface area contributed by atoms with Crippen LogP contribution in [0, 0.1) is 0 Å². The molecule has 1 rings (SSSR count). The molecule has 1 fully saturated rings. The summed E-state index contributed by atoms with van der Waals surface area (Å²) < 4.78 is 4.92. The third-order valence-electron chi connectivity index (χ3n) is 4.99. The first kappa shape index (κ1) is 26.4. The highest BCUT2D eigenvalue weighted by Crippen LogP contribution is 2.24. The Balaban J connectivity index is 0.000000609. The summed E-state index contributed by atoms with van der Waals surface area (Å²) >= 11 is 0. The molecule has 1 atom stereocenters. The molecule has 0 aromatic carbocycles. The number of rotatable bonds is 17. The summed E-state index contributed by atoms with van der Waals surface area (Å²) in [5, 5.41) is 0. The van der Waals surface area contributed by atoms with Gasteiger partial charge in [-0.3, -0.25) is 4.79 Å². The largest absolute Gasteiger partial charge is 0.463 e. The third-order valence-corrected chi connectivity index (χ3v) is 4.99.